The molecule has 0 radical (unpaired) electrons. The molecule has 0 bridgehead atoms. The zero-order chi connectivity index (χ0) is 18.4. The summed E-state index contributed by atoms with van der Waals surface area (Å²) in [6.07, 6.45) is 0. The van der Waals surface area contributed by atoms with Crippen LogP contribution in [0.1, 0.15) is 35.3 Å². The number of rotatable bonds is 7. The predicted octanol–water partition coefficient (Wildman–Crippen LogP) is 3.38. The topological polar surface area (TPSA) is 63.7 Å². The van der Waals surface area contributed by atoms with Crippen molar-refractivity contribution in [3.63, 3.8) is 0 Å². The lowest BCUT2D eigenvalue weighted by molar-refractivity contribution is 0.0526. The van der Waals surface area contributed by atoms with Crippen molar-refractivity contribution in [2.75, 3.05) is 13.2 Å². The van der Waals surface area contributed by atoms with Gasteiger partial charge in [0.2, 0.25) is 10.0 Å². The molecule has 0 heterocycles. The third-order valence-corrected chi connectivity index (χ3v) is 5.77. The Morgan fingerprint density at radius 1 is 1.00 bits per heavy atom. The molecular weight excluding hydrogens is 338 g/mol. The van der Waals surface area contributed by atoms with Crippen LogP contribution < -0.4 is 0 Å². The van der Waals surface area contributed by atoms with Crippen LogP contribution in [0.25, 0.3) is 0 Å². The van der Waals surface area contributed by atoms with Crippen LogP contribution in [0, 0.1) is 6.92 Å². The van der Waals surface area contributed by atoms with E-state index < -0.39 is 10.0 Å². The highest BCUT2D eigenvalue weighted by Gasteiger charge is 2.23. The summed E-state index contributed by atoms with van der Waals surface area (Å²) >= 11 is 0. The van der Waals surface area contributed by atoms with Crippen molar-refractivity contribution in [3.8, 4) is 0 Å². The molecule has 0 aliphatic heterocycles. The molecule has 0 saturated heterocycles. The normalized spacial score (nSPS) is 11.5. The van der Waals surface area contributed by atoms with Crippen molar-refractivity contribution in [1.29, 1.82) is 0 Å². The summed E-state index contributed by atoms with van der Waals surface area (Å²) in [7, 11) is -3.56. The lowest BCUT2D eigenvalue weighted by Gasteiger charge is -2.21. The average Bonchev–Trinajstić information content (AvgIpc) is 2.60. The van der Waals surface area contributed by atoms with E-state index in [-0.39, 0.29) is 17.4 Å². The third kappa shape index (κ3) is 4.67. The van der Waals surface area contributed by atoms with Crippen molar-refractivity contribution in [1.82, 2.24) is 4.31 Å². The van der Waals surface area contributed by atoms with E-state index in [1.165, 1.54) is 4.31 Å². The summed E-state index contributed by atoms with van der Waals surface area (Å²) in [5.41, 5.74) is 2.28. The maximum absolute atomic E-state index is 12.8. The fraction of sp³-hybridized carbons (Fsp3) is 0.316. The Balaban J connectivity index is 2.18. The number of aryl methyl sites for hydroxylation is 1. The molecule has 6 heteroatoms. The van der Waals surface area contributed by atoms with Crippen LogP contribution in [0.15, 0.2) is 53.4 Å². The highest BCUT2D eigenvalue weighted by molar-refractivity contribution is 7.89. The molecule has 134 valence electrons. The van der Waals surface area contributed by atoms with Crippen LogP contribution in [0.2, 0.25) is 0 Å². The zero-order valence-corrected chi connectivity index (χ0v) is 15.5. The number of esters is 1. The molecule has 0 N–H and O–H groups in total. The quantitative estimate of drug-likeness (QED) is 0.709. The largest absolute Gasteiger partial charge is 0.462 e. The predicted molar refractivity (Wildman–Crippen MR) is 96.8 cm³/mol. The standard InChI is InChI=1S/C19H23NO4S/c1-4-20(25(22,23)18-12-6-15(3)7-13-18)14-16-8-10-17(11-9-16)19(21)24-5-2/h6-13H,4-5,14H2,1-3H3. The Morgan fingerprint density at radius 2 is 1.60 bits per heavy atom. The molecule has 0 aliphatic rings. The molecule has 0 aromatic heterocycles. The van der Waals surface area contributed by atoms with Crippen LogP contribution >= 0.6 is 0 Å². The number of sulfonamides is 1. The Bertz CT molecular complexity index is 812. The van der Waals surface area contributed by atoms with E-state index in [9.17, 15) is 13.2 Å². The van der Waals surface area contributed by atoms with E-state index >= 15 is 0 Å². The number of carbonyl (C=O) groups is 1. The van der Waals surface area contributed by atoms with E-state index in [2.05, 4.69) is 0 Å². The van der Waals surface area contributed by atoms with Crippen LogP contribution in [-0.2, 0) is 21.3 Å². The van der Waals surface area contributed by atoms with Gasteiger partial charge in [0.15, 0.2) is 0 Å². The summed E-state index contributed by atoms with van der Waals surface area (Å²) in [6, 6.07) is 13.6. The van der Waals surface area contributed by atoms with E-state index in [0.717, 1.165) is 11.1 Å². The lowest BCUT2D eigenvalue weighted by Crippen LogP contribution is -2.30. The van der Waals surface area contributed by atoms with Gasteiger partial charge in [0.05, 0.1) is 17.1 Å². The Labute approximate surface area is 149 Å². The first-order chi connectivity index (χ1) is 11.9. The van der Waals surface area contributed by atoms with Crippen LogP contribution in [0.3, 0.4) is 0 Å². The Kier molecular flexibility index (Phi) is 6.33. The van der Waals surface area contributed by atoms with Crippen molar-refractivity contribution >= 4 is 16.0 Å². The van der Waals surface area contributed by atoms with E-state index in [4.69, 9.17) is 4.74 Å². The number of ether oxygens (including phenoxy) is 1. The first-order valence-electron chi connectivity index (χ1n) is 8.21. The molecule has 0 unspecified atom stereocenters. The minimum atomic E-state index is -3.56. The molecule has 0 spiro atoms. The average molecular weight is 361 g/mol. The van der Waals surface area contributed by atoms with Crippen LogP contribution in [0.5, 0.6) is 0 Å². The van der Waals surface area contributed by atoms with Gasteiger partial charge in [-0.25, -0.2) is 13.2 Å². The molecule has 5 nitrogen and oxygen atoms in total. The molecular formula is C19H23NO4S. The molecule has 0 aliphatic carbocycles. The van der Waals surface area contributed by atoms with Crippen molar-refractivity contribution in [3.05, 3.63) is 65.2 Å². The summed E-state index contributed by atoms with van der Waals surface area (Å²) < 4.78 is 31.9. The fourth-order valence-corrected chi connectivity index (χ4v) is 3.83. The molecule has 2 aromatic rings. The second-order valence-electron chi connectivity index (χ2n) is 5.66. The number of carbonyl (C=O) groups excluding carboxylic acids is 1. The highest BCUT2D eigenvalue weighted by Crippen LogP contribution is 2.19. The Hall–Kier alpha value is -2.18. The van der Waals surface area contributed by atoms with Gasteiger partial charge in [-0.05, 0) is 43.7 Å². The molecule has 25 heavy (non-hydrogen) atoms. The smallest absolute Gasteiger partial charge is 0.338 e. The zero-order valence-electron chi connectivity index (χ0n) is 14.7. The number of nitrogens with zero attached hydrogens (tertiary/aromatic N) is 1. The van der Waals surface area contributed by atoms with Crippen molar-refractivity contribution in [2.45, 2.75) is 32.2 Å². The summed E-state index contributed by atoms with van der Waals surface area (Å²) in [5.74, 6) is -0.381. The summed E-state index contributed by atoms with van der Waals surface area (Å²) in [6.45, 7) is 6.39. The molecule has 0 amide bonds. The van der Waals surface area contributed by atoms with Gasteiger partial charge in [-0.2, -0.15) is 4.31 Å². The van der Waals surface area contributed by atoms with E-state index in [1.807, 2.05) is 6.92 Å². The fourth-order valence-electron chi connectivity index (χ4n) is 2.39. The van der Waals surface area contributed by atoms with E-state index in [1.54, 1.807) is 62.4 Å². The number of benzene rings is 2. The van der Waals surface area contributed by atoms with Gasteiger partial charge in [-0.15, -0.1) is 0 Å². The van der Waals surface area contributed by atoms with Gasteiger partial charge in [0.1, 0.15) is 0 Å². The number of hydrogen-bond donors (Lipinski definition) is 0. The van der Waals surface area contributed by atoms with Crippen LogP contribution in [0.4, 0.5) is 0 Å². The van der Waals surface area contributed by atoms with Crippen molar-refractivity contribution < 1.29 is 17.9 Å². The first kappa shape index (κ1) is 19.1. The second-order valence-corrected chi connectivity index (χ2v) is 7.60. The third-order valence-electron chi connectivity index (χ3n) is 3.84. The minimum Gasteiger partial charge on any atom is -0.462 e. The van der Waals surface area contributed by atoms with Crippen LogP contribution in [-0.4, -0.2) is 31.8 Å². The van der Waals surface area contributed by atoms with Gasteiger partial charge in [0, 0.05) is 13.1 Å². The van der Waals surface area contributed by atoms with Gasteiger partial charge in [-0.3, -0.25) is 0 Å². The molecule has 0 saturated carbocycles. The molecule has 0 fully saturated rings. The monoisotopic (exact) mass is 361 g/mol. The number of hydrogen-bond acceptors (Lipinski definition) is 4. The van der Waals surface area contributed by atoms with Gasteiger partial charge in [-0.1, -0.05) is 36.8 Å². The van der Waals surface area contributed by atoms with E-state index in [0.29, 0.717) is 18.7 Å². The SMILES string of the molecule is CCOC(=O)c1ccc(CN(CC)S(=O)(=O)c2ccc(C)cc2)cc1. The van der Waals surface area contributed by atoms with Gasteiger partial charge in [0.25, 0.3) is 0 Å². The maximum atomic E-state index is 12.8. The minimum absolute atomic E-state index is 0.246. The summed E-state index contributed by atoms with van der Waals surface area (Å²) in [4.78, 5) is 12.0. The van der Waals surface area contributed by atoms with Crippen molar-refractivity contribution in [2.24, 2.45) is 0 Å². The highest BCUT2D eigenvalue weighted by atomic mass is 32.2. The molecule has 2 aromatic carbocycles. The Morgan fingerprint density at radius 3 is 2.12 bits per heavy atom. The second kappa shape index (κ2) is 8.27. The van der Waals surface area contributed by atoms with Gasteiger partial charge >= 0.3 is 5.97 Å². The first-order valence-corrected chi connectivity index (χ1v) is 9.65. The van der Waals surface area contributed by atoms with Gasteiger partial charge < -0.3 is 4.74 Å². The molecule has 0 atom stereocenters. The molecule has 2 rings (SSSR count). The lowest BCUT2D eigenvalue weighted by atomic mass is 10.1. The summed E-state index contributed by atoms with van der Waals surface area (Å²) in [5, 5.41) is 0. The maximum Gasteiger partial charge on any atom is 0.338 e.